The van der Waals surface area contributed by atoms with Gasteiger partial charge >= 0.3 is 0 Å². The standard InChI is InChI=1S/C13H6BrCl2F2NO/c14-12-7(15)2-1-3-11(12)19-13(20)6-4-10(18)8(16)5-9(6)17/h1-5H,(H,19,20). The van der Waals surface area contributed by atoms with Crippen LogP contribution in [0.1, 0.15) is 10.4 Å². The molecule has 0 saturated heterocycles. The number of hydrogen-bond acceptors (Lipinski definition) is 1. The van der Waals surface area contributed by atoms with Crippen LogP contribution in [0.25, 0.3) is 0 Å². The number of halogens is 5. The molecule has 0 unspecified atom stereocenters. The second-order valence-corrected chi connectivity index (χ2v) is 5.41. The minimum atomic E-state index is -0.910. The van der Waals surface area contributed by atoms with Crippen molar-refractivity contribution in [2.45, 2.75) is 0 Å². The summed E-state index contributed by atoms with van der Waals surface area (Å²) in [4.78, 5) is 11.9. The van der Waals surface area contributed by atoms with Crippen LogP contribution in [0.3, 0.4) is 0 Å². The van der Waals surface area contributed by atoms with Gasteiger partial charge in [0.2, 0.25) is 0 Å². The van der Waals surface area contributed by atoms with Crippen LogP contribution in [0.4, 0.5) is 14.5 Å². The Morgan fingerprint density at radius 3 is 2.50 bits per heavy atom. The molecule has 0 bridgehead atoms. The number of benzene rings is 2. The molecule has 2 rings (SSSR count). The van der Waals surface area contributed by atoms with Gasteiger partial charge in [0.15, 0.2) is 0 Å². The highest BCUT2D eigenvalue weighted by Crippen LogP contribution is 2.30. The molecule has 0 aliphatic carbocycles. The molecule has 0 atom stereocenters. The first-order valence-electron chi connectivity index (χ1n) is 5.30. The molecule has 20 heavy (non-hydrogen) atoms. The maximum absolute atomic E-state index is 13.6. The van der Waals surface area contributed by atoms with Gasteiger partial charge in [0.05, 0.1) is 25.8 Å². The molecule has 0 heterocycles. The summed E-state index contributed by atoms with van der Waals surface area (Å²) in [6.45, 7) is 0. The van der Waals surface area contributed by atoms with Crippen LogP contribution >= 0.6 is 39.1 Å². The first kappa shape index (κ1) is 15.2. The Kier molecular flexibility index (Phi) is 4.62. The molecule has 7 heteroatoms. The van der Waals surface area contributed by atoms with Crippen LogP contribution in [-0.4, -0.2) is 5.91 Å². The van der Waals surface area contributed by atoms with Crippen LogP contribution in [0.5, 0.6) is 0 Å². The van der Waals surface area contributed by atoms with E-state index in [-0.39, 0.29) is 5.02 Å². The Balaban J connectivity index is 2.33. The van der Waals surface area contributed by atoms with E-state index < -0.39 is 23.1 Å². The highest BCUT2D eigenvalue weighted by atomic mass is 79.9. The fraction of sp³-hybridized carbons (Fsp3) is 0. The lowest BCUT2D eigenvalue weighted by Crippen LogP contribution is -2.14. The van der Waals surface area contributed by atoms with Gasteiger partial charge in [0.1, 0.15) is 11.6 Å². The van der Waals surface area contributed by atoms with E-state index in [4.69, 9.17) is 23.2 Å². The number of rotatable bonds is 2. The Morgan fingerprint density at radius 1 is 1.10 bits per heavy atom. The summed E-state index contributed by atoms with van der Waals surface area (Å²) in [7, 11) is 0. The van der Waals surface area contributed by atoms with Crippen molar-refractivity contribution in [2.75, 3.05) is 5.32 Å². The number of amides is 1. The summed E-state index contributed by atoms with van der Waals surface area (Å²) in [5, 5.41) is 2.43. The molecule has 0 aliphatic heterocycles. The van der Waals surface area contributed by atoms with Crippen LogP contribution in [0, 0.1) is 11.6 Å². The lowest BCUT2D eigenvalue weighted by molar-refractivity contribution is 0.102. The predicted octanol–water partition coefficient (Wildman–Crippen LogP) is 5.29. The molecule has 2 aromatic carbocycles. The van der Waals surface area contributed by atoms with Crippen molar-refractivity contribution in [2.24, 2.45) is 0 Å². The Bertz CT molecular complexity index is 694. The highest BCUT2D eigenvalue weighted by Gasteiger charge is 2.17. The minimum Gasteiger partial charge on any atom is -0.321 e. The molecule has 0 aromatic heterocycles. The van der Waals surface area contributed by atoms with Gasteiger partial charge in [-0.2, -0.15) is 0 Å². The van der Waals surface area contributed by atoms with E-state index in [1.807, 2.05) is 0 Å². The molecule has 0 saturated carbocycles. The number of hydrogen-bond donors (Lipinski definition) is 1. The van der Waals surface area contributed by atoms with E-state index in [9.17, 15) is 13.6 Å². The zero-order valence-electron chi connectivity index (χ0n) is 9.68. The molecular weight excluding hydrogens is 375 g/mol. The third-order valence-electron chi connectivity index (χ3n) is 2.45. The summed E-state index contributed by atoms with van der Waals surface area (Å²) in [6.07, 6.45) is 0. The monoisotopic (exact) mass is 379 g/mol. The van der Waals surface area contributed by atoms with Crippen LogP contribution in [0.2, 0.25) is 10.0 Å². The zero-order chi connectivity index (χ0) is 14.9. The van der Waals surface area contributed by atoms with Crippen molar-refractivity contribution in [3.8, 4) is 0 Å². The minimum absolute atomic E-state index is 0.345. The first-order valence-corrected chi connectivity index (χ1v) is 6.85. The second kappa shape index (κ2) is 6.08. The smallest absolute Gasteiger partial charge is 0.258 e. The number of carbonyl (C=O) groups excluding carboxylic acids is 1. The van der Waals surface area contributed by atoms with E-state index in [0.29, 0.717) is 15.2 Å². The average molecular weight is 381 g/mol. The summed E-state index contributed by atoms with van der Waals surface area (Å²) >= 11 is 14.5. The van der Waals surface area contributed by atoms with Crippen molar-refractivity contribution in [1.82, 2.24) is 0 Å². The lowest BCUT2D eigenvalue weighted by atomic mass is 10.2. The Morgan fingerprint density at radius 2 is 1.80 bits per heavy atom. The van der Waals surface area contributed by atoms with Crippen molar-refractivity contribution in [3.63, 3.8) is 0 Å². The first-order chi connectivity index (χ1) is 9.40. The molecular formula is C13H6BrCl2F2NO. The highest BCUT2D eigenvalue weighted by molar-refractivity contribution is 9.10. The van der Waals surface area contributed by atoms with Gasteiger partial charge in [-0.05, 0) is 40.2 Å². The van der Waals surface area contributed by atoms with E-state index in [2.05, 4.69) is 21.2 Å². The number of nitrogens with one attached hydrogen (secondary N) is 1. The summed E-state index contributed by atoms with van der Waals surface area (Å²) in [5.74, 6) is -2.59. The maximum atomic E-state index is 13.6. The average Bonchev–Trinajstić information content (AvgIpc) is 2.39. The summed E-state index contributed by atoms with van der Waals surface area (Å²) < 4.78 is 27.4. The number of anilines is 1. The largest absolute Gasteiger partial charge is 0.321 e. The fourth-order valence-corrected chi connectivity index (χ4v) is 2.17. The molecule has 0 radical (unpaired) electrons. The van der Waals surface area contributed by atoms with E-state index in [1.54, 1.807) is 18.2 Å². The molecule has 1 amide bonds. The molecule has 104 valence electrons. The van der Waals surface area contributed by atoms with E-state index in [0.717, 1.165) is 12.1 Å². The van der Waals surface area contributed by atoms with E-state index in [1.165, 1.54) is 0 Å². The summed E-state index contributed by atoms with van der Waals surface area (Å²) in [5.41, 5.74) is -0.101. The predicted molar refractivity (Wildman–Crippen MR) is 78.5 cm³/mol. The van der Waals surface area contributed by atoms with Gasteiger partial charge in [-0.25, -0.2) is 8.78 Å². The fourth-order valence-electron chi connectivity index (χ4n) is 1.49. The van der Waals surface area contributed by atoms with Crippen molar-refractivity contribution in [3.05, 3.63) is 62.0 Å². The maximum Gasteiger partial charge on any atom is 0.258 e. The Labute approximate surface area is 131 Å². The van der Waals surface area contributed by atoms with Crippen molar-refractivity contribution in [1.29, 1.82) is 0 Å². The van der Waals surface area contributed by atoms with Gasteiger partial charge < -0.3 is 5.32 Å². The third-order valence-corrected chi connectivity index (χ3v) is 4.14. The molecule has 0 spiro atoms. The molecule has 2 aromatic rings. The van der Waals surface area contributed by atoms with Gasteiger partial charge in [0, 0.05) is 0 Å². The van der Waals surface area contributed by atoms with E-state index >= 15 is 0 Å². The number of carbonyl (C=O) groups is 1. The molecule has 0 fully saturated rings. The molecule has 1 N–H and O–H groups in total. The third kappa shape index (κ3) is 3.11. The van der Waals surface area contributed by atoms with Gasteiger partial charge in [-0.3, -0.25) is 4.79 Å². The van der Waals surface area contributed by atoms with Crippen LogP contribution in [-0.2, 0) is 0 Å². The zero-order valence-corrected chi connectivity index (χ0v) is 12.8. The van der Waals surface area contributed by atoms with Gasteiger partial charge in [0.25, 0.3) is 5.91 Å². The lowest BCUT2D eigenvalue weighted by Gasteiger charge is -2.09. The van der Waals surface area contributed by atoms with Crippen molar-refractivity contribution < 1.29 is 13.6 Å². The van der Waals surface area contributed by atoms with Crippen LogP contribution in [0.15, 0.2) is 34.8 Å². The summed E-state index contributed by atoms with van der Waals surface area (Å²) in [6, 6.07) is 6.29. The van der Waals surface area contributed by atoms with Crippen LogP contribution < -0.4 is 5.32 Å². The normalized spacial score (nSPS) is 10.4. The molecule has 0 aliphatic rings. The van der Waals surface area contributed by atoms with Crippen molar-refractivity contribution >= 4 is 50.7 Å². The topological polar surface area (TPSA) is 29.1 Å². The Hall–Kier alpha value is -1.17. The van der Waals surface area contributed by atoms with Gasteiger partial charge in [-0.1, -0.05) is 29.3 Å². The second-order valence-electron chi connectivity index (χ2n) is 3.80. The molecule has 2 nitrogen and oxygen atoms in total. The van der Waals surface area contributed by atoms with Gasteiger partial charge in [-0.15, -0.1) is 0 Å². The quantitative estimate of drug-likeness (QED) is 0.705. The SMILES string of the molecule is O=C(Nc1cccc(Cl)c1Br)c1cc(F)c(Cl)cc1F.